The number of nitrogens with zero attached hydrogens (tertiary/aromatic N) is 2. The van der Waals surface area contributed by atoms with E-state index in [0.717, 1.165) is 26.2 Å². The van der Waals surface area contributed by atoms with Crippen molar-refractivity contribution in [2.45, 2.75) is 46.1 Å². The first-order valence-corrected chi connectivity index (χ1v) is 7.35. The highest BCUT2D eigenvalue weighted by Crippen LogP contribution is 2.01. The fraction of sp³-hybridized carbons (Fsp3) is 0.667. The van der Waals surface area contributed by atoms with Gasteiger partial charge in [0, 0.05) is 31.0 Å². The van der Waals surface area contributed by atoms with E-state index >= 15 is 0 Å². The number of nitrogen functional groups attached to an aromatic ring is 1. The van der Waals surface area contributed by atoms with Gasteiger partial charge in [0.2, 0.25) is 0 Å². The number of nitrogens with two attached hydrogens (primary N) is 1. The first-order chi connectivity index (χ1) is 9.17. The zero-order chi connectivity index (χ0) is 14.1. The molecule has 0 saturated carbocycles. The lowest BCUT2D eigenvalue weighted by molar-refractivity contribution is 0.254. The van der Waals surface area contributed by atoms with Gasteiger partial charge in [-0.25, -0.2) is 0 Å². The Kier molecular flexibility index (Phi) is 7.26. The van der Waals surface area contributed by atoms with Crippen LogP contribution in [0.25, 0.3) is 0 Å². The highest BCUT2D eigenvalue weighted by Gasteiger charge is 2.05. The van der Waals surface area contributed by atoms with E-state index in [1.54, 1.807) is 16.8 Å². The molecule has 0 aliphatic rings. The molecule has 1 aromatic rings. The van der Waals surface area contributed by atoms with Crippen LogP contribution in [0.1, 0.15) is 39.5 Å². The average molecular weight is 265 g/mol. The quantitative estimate of drug-likeness (QED) is 0.745. The lowest BCUT2D eigenvalue weighted by Gasteiger charge is -2.22. The lowest BCUT2D eigenvalue weighted by atomic mass is 10.2. The highest BCUT2D eigenvalue weighted by atomic mass is 16.1. The summed E-state index contributed by atoms with van der Waals surface area (Å²) in [5, 5.41) is 0. The maximum atomic E-state index is 11.7. The fourth-order valence-corrected chi connectivity index (χ4v) is 2.07. The predicted octanol–water partition coefficient (Wildman–Crippen LogP) is 2.33. The Balaban J connectivity index is 2.53. The number of unbranched alkanes of at least 4 members (excludes halogenated alkanes) is 2. The minimum atomic E-state index is 0.0279. The number of hydrogen-bond acceptors (Lipinski definition) is 3. The summed E-state index contributed by atoms with van der Waals surface area (Å²) in [4.78, 5) is 14.1. The van der Waals surface area contributed by atoms with Gasteiger partial charge in [-0.15, -0.1) is 0 Å². The van der Waals surface area contributed by atoms with Crippen LogP contribution < -0.4 is 11.3 Å². The van der Waals surface area contributed by atoms with Gasteiger partial charge in [0.25, 0.3) is 5.56 Å². The molecule has 19 heavy (non-hydrogen) atoms. The van der Waals surface area contributed by atoms with Crippen LogP contribution in [0.4, 0.5) is 5.69 Å². The molecule has 1 rings (SSSR count). The van der Waals surface area contributed by atoms with Crippen LogP contribution in [0.5, 0.6) is 0 Å². The summed E-state index contributed by atoms with van der Waals surface area (Å²) < 4.78 is 1.71. The molecule has 108 valence electrons. The van der Waals surface area contributed by atoms with E-state index in [1.807, 2.05) is 0 Å². The summed E-state index contributed by atoms with van der Waals surface area (Å²) in [6.45, 7) is 8.29. The minimum absolute atomic E-state index is 0.0279. The Bertz CT molecular complexity index is 406. The third-order valence-electron chi connectivity index (χ3n) is 3.32. The Labute approximate surface area is 116 Å². The summed E-state index contributed by atoms with van der Waals surface area (Å²) in [5.74, 6) is 0. The monoisotopic (exact) mass is 265 g/mol. The van der Waals surface area contributed by atoms with Crippen molar-refractivity contribution in [1.82, 2.24) is 9.47 Å². The van der Waals surface area contributed by atoms with Gasteiger partial charge >= 0.3 is 0 Å². The number of aromatic nitrogens is 1. The molecule has 0 aliphatic carbocycles. The Morgan fingerprint density at radius 1 is 1.11 bits per heavy atom. The van der Waals surface area contributed by atoms with Crippen molar-refractivity contribution in [2.24, 2.45) is 0 Å². The molecular formula is C15H27N3O. The standard InChI is InChI=1S/C15H27N3O/c1-3-5-9-17(10-6-4-2)11-12-18-13-14(16)7-8-15(18)19/h7-8,13H,3-6,9-12,16H2,1-2H3. The van der Waals surface area contributed by atoms with Crippen LogP contribution in [0.3, 0.4) is 0 Å². The van der Waals surface area contributed by atoms with E-state index in [-0.39, 0.29) is 5.56 Å². The number of pyridine rings is 1. The Morgan fingerprint density at radius 3 is 2.32 bits per heavy atom. The number of anilines is 1. The third kappa shape index (κ3) is 5.92. The second-order valence-corrected chi connectivity index (χ2v) is 5.04. The molecule has 0 unspecified atom stereocenters. The second kappa shape index (κ2) is 8.75. The zero-order valence-corrected chi connectivity index (χ0v) is 12.3. The maximum absolute atomic E-state index is 11.7. The van der Waals surface area contributed by atoms with Gasteiger partial charge in [-0.1, -0.05) is 26.7 Å². The molecule has 0 fully saturated rings. The van der Waals surface area contributed by atoms with E-state index in [0.29, 0.717) is 5.69 Å². The van der Waals surface area contributed by atoms with E-state index in [9.17, 15) is 4.79 Å². The molecule has 0 aliphatic heterocycles. The van der Waals surface area contributed by atoms with Crippen molar-refractivity contribution in [2.75, 3.05) is 25.4 Å². The molecule has 2 N–H and O–H groups in total. The van der Waals surface area contributed by atoms with Gasteiger partial charge in [0.1, 0.15) is 0 Å². The molecule has 0 saturated heterocycles. The molecule has 0 atom stereocenters. The van der Waals surface area contributed by atoms with E-state index < -0.39 is 0 Å². The van der Waals surface area contributed by atoms with Crippen LogP contribution in [0.15, 0.2) is 23.1 Å². The molecule has 0 spiro atoms. The van der Waals surface area contributed by atoms with Gasteiger partial charge in [-0.3, -0.25) is 4.79 Å². The number of rotatable bonds is 9. The molecule has 0 amide bonds. The van der Waals surface area contributed by atoms with Crippen molar-refractivity contribution < 1.29 is 0 Å². The molecule has 1 heterocycles. The molecule has 0 bridgehead atoms. The van der Waals surface area contributed by atoms with Crippen molar-refractivity contribution in [3.8, 4) is 0 Å². The van der Waals surface area contributed by atoms with Gasteiger partial charge in [-0.05, 0) is 32.0 Å². The first kappa shape index (κ1) is 15.8. The van der Waals surface area contributed by atoms with Gasteiger partial charge < -0.3 is 15.2 Å². The Morgan fingerprint density at radius 2 is 1.74 bits per heavy atom. The van der Waals surface area contributed by atoms with Crippen molar-refractivity contribution >= 4 is 5.69 Å². The summed E-state index contributed by atoms with van der Waals surface area (Å²) in [7, 11) is 0. The van der Waals surface area contributed by atoms with E-state index in [2.05, 4.69) is 18.7 Å². The fourth-order valence-electron chi connectivity index (χ4n) is 2.07. The third-order valence-corrected chi connectivity index (χ3v) is 3.32. The van der Waals surface area contributed by atoms with Crippen LogP contribution in [-0.2, 0) is 6.54 Å². The molecular weight excluding hydrogens is 238 g/mol. The van der Waals surface area contributed by atoms with Crippen LogP contribution in [-0.4, -0.2) is 29.1 Å². The zero-order valence-electron chi connectivity index (χ0n) is 12.3. The largest absolute Gasteiger partial charge is 0.398 e. The molecule has 4 nitrogen and oxygen atoms in total. The molecule has 1 aromatic heterocycles. The molecule has 4 heteroatoms. The summed E-state index contributed by atoms with van der Waals surface area (Å²) in [6.07, 6.45) is 6.59. The molecule has 0 radical (unpaired) electrons. The van der Waals surface area contributed by atoms with Crippen molar-refractivity contribution in [1.29, 1.82) is 0 Å². The topological polar surface area (TPSA) is 51.3 Å². The lowest BCUT2D eigenvalue weighted by Crippen LogP contribution is -2.32. The first-order valence-electron chi connectivity index (χ1n) is 7.35. The van der Waals surface area contributed by atoms with E-state index in [4.69, 9.17) is 5.73 Å². The van der Waals surface area contributed by atoms with Crippen molar-refractivity contribution in [3.63, 3.8) is 0 Å². The van der Waals surface area contributed by atoms with Crippen LogP contribution in [0.2, 0.25) is 0 Å². The van der Waals surface area contributed by atoms with Gasteiger partial charge in [0.15, 0.2) is 0 Å². The SMILES string of the molecule is CCCCN(CCCC)CCn1cc(N)ccc1=O. The predicted molar refractivity (Wildman–Crippen MR) is 81.4 cm³/mol. The second-order valence-electron chi connectivity index (χ2n) is 5.04. The highest BCUT2D eigenvalue weighted by molar-refractivity contribution is 5.33. The maximum Gasteiger partial charge on any atom is 0.250 e. The summed E-state index contributed by atoms with van der Waals surface area (Å²) in [6, 6.07) is 3.20. The Hall–Kier alpha value is -1.29. The van der Waals surface area contributed by atoms with Crippen LogP contribution >= 0.6 is 0 Å². The van der Waals surface area contributed by atoms with Gasteiger partial charge in [-0.2, -0.15) is 0 Å². The van der Waals surface area contributed by atoms with E-state index in [1.165, 1.54) is 31.7 Å². The minimum Gasteiger partial charge on any atom is -0.398 e. The normalized spacial score (nSPS) is 11.1. The van der Waals surface area contributed by atoms with Crippen LogP contribution in [0, 0.1) is 0 Å². The smallest absolute Gasteiger partial charge is 0.250 e. The van der Waals surface area contributed by atoms with Crippen molar-refractivity contribution in [3.05, 3.63) is 28.7 Å². The summed E-state index contributed by atoms with van der Waals surface area (Å²) >= 11 is 0. The molecule has 0 aromatic carbocycles. The number of hydrogen-bond donors (Lipinski definition) is 1. The van der Waals surface area contributed by atoms with Gasteiger partial charge in [0.05, 0.1) is 0 Å². The summed E-state index contributed by atoms with van der Waals surface area (Å²) in [5.41, 5.74) is 6.40. The average Bonchev–Trinajstić information content (AvgIpc) is 2.41.